The van der Waals surface area contributed by atoms with Crippen molar-refractivity contribution in [2.24, 2.45) is 0 Å². The number of rotatable bonds is 8. The fraction of sp³-hybridized carbons (Fsp3) is 0.158. The molecule has 0 fully saturated rings. The summed E-state index contributed by atoms with van der Waals surface area (Å²) in [6, 6.07) is 6.39. The number of hydrogen-bond donors (Lipinski definition) is 1. The first kappa shape index (κ1) is 22.8. The van der Waals surface area contributed by atoms with E-state index in [1.807, 2.05) is 0 Å². The van der Waals surface area contributed by atoms with Gasteiger partial charge in [-0.3, -0.25) is 4.79 Å². The molecule has 0 bridgehead atoms. The van der Waals surface area contributed by atoms with E-state index in [0.29, 0.717) is 6.29 Å². The van der Waals surface area contributed by atoms with Crippen molar-refractivity contribution in [3.8, 4) is 17.2 Å². The van der Waals surface area contributed by atoms with Crippen LogP contribution in [-0.2, 0) is 4.79 Å². The number of phenols is 1. The molecule has 0 spiro atoms. The van der Waals surface area contributed by atoms with E-state index in [-0.39, 0.29) is 39.4 Å². The van der Waals surface area contributed by atoms with Crippen LogP contribution in [0.1, 0.15) is 22.3 Å². The van der Waals surface area contributed by atoms with E-state index in [9.17, 15) is 27.9 Å². The number of halogens is 5. The molecular formula is C19H13BrClF3O5. The molecule has 0 saturated carbocycles. The van der Waals surface area contributed by atoms with E-state index in [2.05, 4.69) is 20.7 Å². The molecule has 2 aromatic rings. The fourth-order valence-electron chi connectivity index (χ4n) is 2.19. The fourth-order valence-corrected chi connectivity index (χ4v) is 2.80. The number of allylic oxidation sites excluding steroid dienone is 1. The Hall–Kier alpha value is -2.52. The Balaban J connectivity index is 2.39. The minimum absolute atomic E-state index is 0.0139. The van der Waals surface area contributed by atoms with Gasteiger partial charge in [0.15, 0.2) is 5.78 Å². The standard InChI is InChI=1S/C19H13BrClF3O5/c20-13-10-16(29-19(22,23)24)11(9-17(13)28-8-2-7-25)5-6-15(26)12-3-1-4-14(21)18(12)27/h1,3-7,9-10,27H,2,8H2/b6-5+. The number of carbonyl (C=O) groups is 2. The Morgan fingerprint density at radius 2 is 1.97 bits per heavy atom. The van der Waals surface area contributed by atoms with Crippen molar-refractivity contribution in [1.82, 2.24) is 0 Å². The van der Waals surface area contributed by atoms with Gasteiger partial charge in [0.05, 0.1) is 21.7 Å². The first-order valence-electron chi connectivity index (χ1n) is 7.98. The van der Waals surface area contributed by atoms with Gasteiger partial charge in [-0.05, 0) is 52.3 Å². The van der Waals surface area contributed by atoms with Crippen LogP contribution in [0, 0.1) is 0 Å². The Morgan fingerprint density at radius 3 is 2.62 bits per heavy atom. The van der Waals surface area contributed by atoms with Crippen LogP contribution in [-0.4, -0.2) is 30.1 Å². The zero-order chi connectivity index (χ0) is 21.6. The summed E-state index contributed by atoms with van der Waals surface area (Å²) >= 11 is 8.83. The molecule has 1 N–H and O–H groups in total. The molecule has 0 unspecified atom stereocenters. The summed E-state index contributed by atoms with van der Waals surface area (Å²) in [7, 11) is 0. The van der Waals surface area contributed by atoms with Crippen molar-refractivity contribution in [3.05, 3.63) is 57.0 Å². The van der Waals surface area contributed by atoms with E-state index < -0.39 is 23.6 Å². The minimum Gasteiger partial charge on any atom is -0.506 e. The van der Waals surface area contributed by atoms with E-state index in [1.54, 1.807) is 0 Å². The number of para-hydroxylation sites is 1. The highest BCUT2D eigenvalue weighted by molar-refractivity contribution is 9.10. The molecule has 0 amide bonds. The summed E-state index contributed by atoms with van der Waals surface area (Å²) in [4.78, 5) is 22.7. The molecule has 29 heavy (non-hydrogen) atoms. The number of hydrogen-bond acceptors (Lipinski definition) is 5. The van der Waals surface area contributed by atoms with Crippen LogP contribution < -0.4 is 9.47 Å². The topological polar surface area (TPSA) is 72.8 Å². The van der Waals surface area contributed by atoms with E-state index >= 15 is 0 Å². The monoisotopic (exact) mass is 492 g/mol. The van der Waals surface area contributed by atoms with Crippen LogP contribution in [0.25, 0.3) is 6.08 Å². The molecule has 0 atom stereocenters. The van der Waals surface area contributed by atoms with Crippen LogP contribution >= 0.6 is 27.5 Å². The van der Waals surface area contributed by atoms with Crippen molar-refractivity contribution in [1.29, 1.82) is 0 Å². The van der Waals surface area contributed by atoms with Gasteiger partial charge in [0.2, 0.25) is 0 Å². The van der Waals surface area contributed by atoms with Gasteiger partial charge >= 0.3 is 6.36 Å². The van der Waals surface area contributed by atoms with Crippen molar-refractivity contribution in [2.45, 2.75) is 12.8 Å². The van der Waals surface area contributed by atoms with E-state index in [1.165, 1.54) is 24.3 Å². The van der Waals surface area contributed by atoms with Crippen LogP contribution in [0.15, 0.2) is 40.9 Å². The lowest BCUT2D eigenvalue weighted by Gasteiger charge is -2.14. The van der Waals surface area contributed by atoms with E-state index in [4.69, 9.17) is 16.3 Å². The Kier molecular flexibility index (Phi) is 7.69. The van der Waals surface area contributed by atoms with Crippen LogP contribution in [0.5, 0.6) is 17.2 Å². The van der Waals surface area contributed by atoms with Crippen molar-refractivity contribution < 1.29 is 37.3 Å². The molecule has 0 aromatic heterocycles. The lowest BCUT2D eigenvalue weighted by atomic mass is 10.1. The first-order chi connectivity index (χ1) is 13.6. The third kappa shape index (κ3) is 6.50. The second-order valence-corrected chi connectivity index (χ2v) is 6.77. The van der Waals surface area contributed by atoms with Gasteiger partial charge in [-0.25, -0.2) is 0 Å². The number of aromatic hydroxyl groups is 1. The number of ether oxygens (including phenoxy) is 2. The lowest BCUT2D eigenvalue weighted by molar-refractivity contribution is -0.274. The largest absolute Gasteiger partial charge is 0.573 e. The third-order valence-corrected chi connectivity index (χ3v) is 4.37. The van der Waals surface area contributed by atoms with Crippen molar-refractivity contribution in [3.63, 3.8) is 0 Å². The molecule has 0 radical (unpaired) electrons. The number of benzene rings is 2. The van der Waals surface area contributed by atoms with Gasteiger partial charge in [0.1, 0.15) is 23.5 Å². The third-order valence-electron chi connectivity index (χ3n) is 3.45. The maximum atomic E-state index is 12.7. The summed E-state index contributed by atoms with van der Waals surface area (Å²) in [5.41, 5.74) is -0.229. The van der Waals surface area contributed by atoms with Crippen LogP contribution in [0.3, 0.4) is 0 Å². The van der Waals surface area contributed by atoms with Gasteiger partial charge in [-0.15, -0.1) is 13.2 Å². The smallest absolute Gasteiger partial charge is 0.506 e. The molecule has 0 heterocycles. The Morgan fingerprint density at radius 1 is 1.24 bits per heavy atom. The summed E-state index contributed by atoms with van der Waals surface area (Å²) in [5.74, 6) is -1.55. The number of carbonyl (C=O) groups excluding carboxylic acids is 2. The summed E-state index contributed by atoms with van der Waals surface area (Å²) in [6.07, 6.45) is -2.19. The van der Waals surface area contributed by atoms with Crippen molar-refractivity contribution in [2.75, 3.05) is 6.61 Å². The molecule has 0 aliphatic heterocycles. The molecule has 0 aliphatic carbocycles. The number of aldehydes is 1. The summed E-state index contributed by atoms with van der Waals surface area (Å²) < 4.78 is 47.7. The molecular weight excluding hydrogens is 481 g/mol. The minimum atomic E-state index is -4.96. The lowest BCUT2D eigenvalue weighted by Crippen LogP contribution is -2.18. The Labute approximate surface area is 176 Å². The maximum Gasteiger partial charge on any atom is 0.573 e. The second kappa shape index (κ2) is 9.80. The van der Waals surface area contributed by atoms with Crippen molar-refractivity contribution >= 4 is 45.7 Å². The molecule has 2 aromatic carbocycles. The van der Waals surface area contributed by atoms with Crippen LogP contribution in [0.4, 0.5) is 13.2 Å². The molecule has 0 aliphatic rings. The highest BCUT2D eigenvalue weighted by Crippen LogP contribution is 2.37. The summed E-state index contributed by atoms with van der Waals surface area (Å²) in [5, 5.41) is 9.82. The van der Waals surface area contributed by atoms with Gasteiger partial charge in [-0.2, -0.15) is 0 Å². The van der Waals surface area contributed by atoms with Gasteiger partial charge in [-0.1, -0.05) is 17.7 Å². The zero-order valence-electron chi connectivity index (χ0n) is 14.5. The predicted octanol–water partition coefficient (Wildman–Crippen LogP) is 5.57. The van der Waals surface area contributed by atoms with Gasteiger partial charge in [0.25, 0.3) is 0 Å². The zero-order valence-corrected chi connectivity index (χ0v) is 16.8. The van der Waals surface area contributed by atoms with Gasteiger partial charge < -0.3 is 19.4 Å². The predicted molar refractivity (Wildman–Crippen MR) is 103 cm³/mol. The van der Waals surface area contributed by atoms with E-state index in [0.717, 1.165) is 18.2 Å². The molecule has 154 valence electrons. The average Bonchev–Trinajstić information content (AvgIpc) is 2.63. The number of ketones is 1. The molecule has 5 nitrogen and oxygen atoms in total. The van der Waals surface area contributed by atoms with Gasteiger partial charge in [0, 0.05) is 12.0 Å². The molecule has 0 saturated heterocycles. The summed E-state index contributed by atoms with van der Waals surface area (Å²) in [6.45, 7) is 0.0139. The quantitative estimate of drug-likeness (QED) is 0.225. The highest BCUT2D eigenvalue weighted by atomic mass is 79.9. The average molecular weight is 494 g/mol. The molecule has 10 heteroatoms. The number of alkyl halides is 3. The molecule has 2 rings (SSSR count). The maximum absolute atomic E-state index is 12.7. The Bertz CT molecular complexity index is 944. The van der Waals surface area contributed by atoms with Crippen LogP contribution in [0.2, 0.25) is 5.02 Å². The SMILES string of the molecule is O=CCCOc1cc(/C=C/C(=O)c2cccc(Cl)c2O)c(OC(F)(F)F)cc1Br. The number of phenolic OH excluding ortho intramolecular Hbond substituents is 1. The normalized spacial score (nSPS) is 11.5. The first-order valence-corrected chi connectivity index (χ1v) is 9.15. The second-order valence-electron chi connectivity index (χ2n) is 5.51. The highest BCUT2D eigenvalue weighted by Gasteiger charge is 2.32.